The molecule has 0 spiro atoms. The molecule has 2 aliphatic heterocycles. The summed E-state index contributed by atoms with van der Waals surface area (Å²) in [6, 6.07) is 6.21. The normalized spacial score (nSPS) is 18.9. The van der Waals surface area contributed by atoms with Gasteiger partial charge in [-0.15, -0.1) is 0 Å². The second-order valence-corrected chi connectivity index (χ2v) is 5.95. The first-order valence-corrected chi connectivity index (χ1v) is 7.58. The number of rotatable bonds is 4. The van der Waals surface area contributed by atoms with Gasteiger partial charge in [-0.3, -0.25) is 4.79 Å². The third-order valence-corrected chi connectivity index (χ3v) is 4.26. The molecule has 2 aliphatic rings. The Bertz CT molecular complexity index is 490. The van der Waals surface area contributed by atoms with E-state index in [4.69, 9.17) is 0 Å². The Morgan fingerprint density at radius 3 is 2.75 bits per heavy atom. The summed E-state index contributed by atoms with van der Waals surface area (Å²) < 4.78 is 0. The summed E-state index contributed by atoms with van der Waals surface area (Å²) in [6.07, 6.45) is 2.45. The van der Waals surface area contributed by atoms with Crippen LogP contribution in [-0.2, 0) is 0 Å². The van der Waals surface area contributed by atoms with Crippen LogP contribution in [0.15, 0.2) is 18.2 Å². The smallest absolute Gasteiger partial charge is 0.253 e. The van der Waals surface area contributed by atoms with Gasteiger partial charge in [0, 0.05) is 44.3 Å². The highest BCUT2D eigenvalue weighted by atomic mass is 16.1. The van der Waals surface area contributed by atoms with E-state index in [1.54, 1.807) is 0 Å². The SMILES string of the molecule is Cc1ccc(N2CCCC2)c(C(=O)NCC2CNC2)c1. The molecule has 4 heteroatoms. The van der Waals surface area contributed by atoms with Crippen LogP contribution >= 0.6 is 0 Å². The number of anilines is 1. The number of carbonyl (C=O) groups excluding carboxylic acids is 1. The molecule has 2 heterocycles. The van der Waals surface area contributed by atoms with Gasteiger partial charge in [-0.2, -0.15) is 0 Å². The van der Waals surface area contributed by atoms with E-state index in [1.165, 1.54) is 12.8 Å². The van der Waals surface area contributed by atoms with Crippen molar-refractivity contribution in [3.63, 3.8) is 0 Å². The summed E-state index contributed by atoms with van der Waals surface area (Å²) in [4.78, 5) is 14.8. The lowest BCUT2D eigenvalue weighted by atomic mass is 10.0. The van der Waals surface area contributed by atoms with Gasteiger partial charge in [0.25, 0.3) is 5.91 Å². The first kappa shape index (κ1) is 13.4. The van der Waals surface area contributed by atoms with Crippen LogP contribution in [0, 0.1) is 12.8 Å². The van der Waals surface area contributed by atoms with Crippen molar-refractivity contribution in [2.45, 2.75) is 19.8 Å². The Morgan fingerprint density at radius 1 is 1.35 bits per heavy atom. The van der Waals surface area contributed by atoms with Crippen molar-refractivity contribution >= 4 is 11.6 Å². The maximum atomic E-state index is 12.5. The summed E-state index contributed by atoms with van der Waals surface area (Å²) in [5, 5.41) is 6.32. The zero-order valence-corrected chi connectivity index (χ0v) is 12.1. The van der Waals surface area contributed by atoms with E-state index < -0.39 is 0 Å². The second kappa shape index (κ2) is 5.83. The molecule has 4 nitrogen and oxygen atoms in total. The number of hydrogen-bond acceptors (Lipinski definition) is 3. The Labute approximate surface area is 120 Å². The van der Waals surface area contributed by atoms with Crippen LogP contribution in [0.2, 0.25) is 0 Å². The Balaban J connectivity index is 1.74. The Hall–Kier alpha value is -1.55. The van der Waals surface area contributed by atoms with Crippen LogP contribution in [0.25, 0.3) is 0 Å². The van der Waals surface area contributed by atoms with E-state index in [2.05, 4.69) is 27.7 Å². The summed E-state index contributed by atoms with van der Waals surface area (Å²) in [7, 11) is 0. The predicted molar refractivity (Wildman–Crippen MR) is 81.3 cm³/mol. The molecule has 0 unspecified atom stereocenters. The lowest BCUT2D eigenvalue weighted by Gasteiger charge is -2.27. The van der Waals surface area contributed by atoms with Crippen molar-refractivity contribution < 1.29 is 4.79 Å². The highest BCUT2D eigenvalue weighted by Gasteiger charge is 2.21. The molecule has 2 saturated heterocycles. The van der Waals surface area contributed by atoms with Gasteiger partial charge in [0.05, 0.1) is 5.56 Å². The molecule has 2 N–H and O–H groups in total. The molecule has 0 bridgehead atoms. The quantitative estimate of drug-likeness (QED) is 0.875. The largest absolute Gasteiger partial charge is 0.371 e. The van der Waals surface area contributed by atoms with Crippen molar-refractivity contribution in [3.05, 3.63) is 29.3 Å². The van der Waals surface area contributed by atoms with Gasteiger partial charge in [-0.25, -0.2) is 0 Å². The molecule has 2 fully saturated rings. The van der Waals surface area contributed by atoms with Crippen LogP contribution in [0.1, 0.15) is 28.8 Å². The number of aryl methyl sites for hydroxylation is 1. The zero-order chi connectivity index (χ0) is 13.9. The van der Waals surface area contributed by atoms with Crippen LogP contribution < -0.4 is 15.5 Å². The minimum absolute atomic E-state index is 0.0718. The minimum atomic E-state index is 0.0718. The average molecular weight is 273 g/mol. The molecule has 0 aromatic heterocycles. The molecule has 1 aromatic carbocycles. The van der Waals surface area contributed by atoms with Crippen molar-refractivity contribution in [2.75, 3.05) is 37.6 Å². The highest BCUT2D eigenvalue weighted by Crippen LogP contribution is 2.25. The minimum Gasteiger partial charge on any atom is -0.371 e. The van der Waals surface area contributed by atoms with Crippen LogP contribution in [0.5, 0.6) is 0 Å². The van der Waals surface area contributed by atoms with Gasteiger partial charge in [0.1, 0.15) is 0 Å². The van der Waals surface area contributed by atoms with Crippen molar-refractivity contribution in [1.82, 2.24) is 10.6 Å². The lowest BCUT2D eigenvalue weighted by Crippen LogP contribution is -2.48. The fourth-order valence-electron chi connectivity index (χ4n) is 2.89. The van der Waals surface area contributed by atoms with E-state index >= 15 is 0 Å². The predicted octanol–water partition coefficient (Wildman–Crippen LogP) is 1.54. The molecule has 1 aromatic rings. The van der Waals surface area contributed by atoms with E-state index in [0.717, 1.165) is 49.5 Å². The average Bonchev–Trinajstić information content (AvgIpc) is 2.90. The number of nitrogens with zero attached hydrogens (tertiary/aromatic N) is 1. The van der Waals surface area contributed by atoms with Crippen LogP contribution in [0.3, 0.4) is 0 Å². The lowest BCUT2D eigenvalue weighted by molar-refractivity contribution is 0.0942. The zero-order valence-electron chi connectivity index (χ0n) is 12.1. The van der Waals surface area contributed by atoms with E-state index in [1.807, 2.05) is 13.0 Å². The van der Waals surface area contributed by atoms with Crippen molar-refractivity contribution in [2.24, 2.45) is 5.92 Å². The fraction of sp³-hybridized carbons (Fsp3) is 0.562. The highest BCUT2D eigenvalue weighted by molar-refractivity contribution is 6.00. The molecule has 0 aliphatic carbocycles. The van der Waals surface area contributed by atoms with Crippen molar-refractivity contribution in [3.8, 4) is 0 Å². The number of benzene rings is 1. The monoisotopic (exact) mass is 273 g/mol. The first-order chi connectivity index (χ1) is 9.74. The van der Waals surface area contributed by atoms with E-state index in [0.29, 0.717) is 5.92 Å². The Kier molecular flexibility index (Phi) is 3.92. The third-order valence-electron chi connectivity index (χ3n) is 4.26. The molecular weight excluding hydrogens is 250 g/mol. The first-order valence-electron chi connectivity index (χ1n) is 7.58. The maximum absolute atomic E-state index is 12.5. The van der Waals surface area contributed by atoms with Crippen LogP contribution in [-0.4, -0.2) is 38.6 Å². The molecule has 1 amide bonds. The third kappa shape index (κ3) is 2.80. The van der Waals surface area contributed by atoms with Gasteiger partial charge in [0.15, 0.2) is 0 Å². The van der Waals surface area contributed by atoms with Crippen molar-refractivity contribution in [1.29, 1.82) is 0 Å². The van der Waals surface area contributed by atoms with Gasteiger partial charge >= 0.3 is 0 Å². The van der Waals surface area contributed by atoms with Gasteiger partial charge in [-0.05, 0) is 31.9 Å². The standard InChI is InChI=1S/C16H23N3O/c1-12-4-5-15(19-6-2-3-7-19)14(8-12)16(20)18-11-13-9-17-10-13/h4-5,8,13,17H,2-3,6-7,9-11H2,1H3,(H,18,20). The molecular formula is C16H23N3O. The summed E-state index contributed by atoms with van der Waals surface area (Å²) in [6.45, 7) is 6.99. The van der Waals surface area contributed by atoms with E-state index in [9.17, 15) is 4.79 Å². The molecule has 0 atom stereocenters. The number of nitrogens with one attached hydrogen (secondary N) is 2. The van der Waals surface area contributed by atoms with Crippen LogP contribution in [0.4, 0.5) is 5.69 Å². The van der Waals surface area contributed by atoms with Gasteiger partial charge < -0.3 is 15.5 Å². The topological polar surface area (TPSA) is 44.4 Å². The van der Waals surface area contributed by atoms with Gasteiger partial charge in [-0.1, -0.05) is 11.6 Å². The van der Waals surface area contributed by atoms with E-state index in [-0.39, 0.29) is 5.91 Å². The second-order valence-electron chi connectivity index (χ2n) is 5.95. The fourth-order valence-corrected chi connectivity index (χ4v) is 2.89. The summed E-state index contributed by atoms with van der Waals surface area (Å²) in [5.74, 6) is 0.668. The molecule has 0 saturated carbocycles. The summed E-state index contributed by atoms with van der Waals surface area (Å²) in [5.41, 5.74) is 3.07. The maximum Gasteiger partial charge on any atom is 0.253 e. The molecule has 20 heavy (non-hydrogen) atoms. The summed E-state index contributed by atoms with van der Waals surface area (Å²) >= 11 is 0. The van der Waals surface area contributed by atoms with Gasteiger partial charge in [0.2, 0.25) is 0 Å². The Morgan fingerprint density at radius 2 is 2.10 bits per heavy atom. The molecule has 3 rings (SSSR count). The number of hydrogen-bond donors (Lipinski definition) is 2. The number of amides is 1. The molecule has 0 radical (unpaired) electrons. The molecule has 108 valence electrons. The number of carbonyl (C=O) groups is 1.